The summed E-state index contributed by atoms with van der Waals surface area (Å²) in [5, 5.41) is 10.8. The van der Waals surface area contributed by atoms with Crippen molar-refractivity contribution >= 4 is 50.2 Å². The van der Waals surface area contributed by atoms with Crippen molar-refractivity contribution in [2.75, 3.05) is 18.0 Å². The maximum atomic E-state index is 12.8. The molecule has 2 N–H and O–H groups in total. The van der Waals surface area contributed by atoms with E-state index in [1.165, 1.54) is 6.33 Å². The minimum Gasteiger partial charge on any atom is -0.354 e. The van der Waals surface area contributed by atoms with Crippen molar-refractivity contribution in [3.63, 3.8) is 0 Å². The highest BCUT2D eigenvalue weighted by molar-refractivity contribution is 7.97. The van der Waals surface area contributed by atoms with Crippen LogP contribution in [-0.4, -0.2) is 40.3 Å². The molecule has 1 fully saturated rings. The van der Waals surface area contributed by atoms with Crippen LogP contribution in [0.25, 0.3) is 21.1 Å². The first kappa shape index (κ1) is 22.0. The molecule has 4 heterocycles. The predicted molar refractivity (Wildman–Crippen MR) is 125 cm³/mol. The number of thiophene rings is 1. The van der Waals surface area contributed by atoms with Gasteiger partial charge >= 0.3 is 6.18 Å². The van der Waals surface area contributed by atoms with Gasteiger partial charge in [-0.1, -0.05) is 0 Å². The molecule has 1 aliphatic heterocycles. The molecule has 11 heteroatoms. The number of anilines is 1. The van der Waals surface area contributed by atoms with Gasteiger partial charge in [-0.15, -0.1) is 11.3 Å². The van der Waals surface area contributed by atoms with Crippen LogP contribution in [0, 0.1) is 18.3 Å². The van der Waals surface area contributed by atoms with Crippen molar-refractivity contribution in [3.8, 4) is 6.07 Å². The molecule has 0 radical (unpaired) electrons. The third-order valence-corrected chi connectivity index (χ3v) is 7.86. The van der Waals surface area contributed by atoms with Crippen molar-refractivity contribution in [1.82, 2.24) is 19.7 Å². The van der Waals surface area contributed by atoms with E-state index in [0.717, 1.165) is 45.7 Å². The van der Waals surface area contributed by atoms with Gasteiger partial charge in [0, 0.05) is 39.8 Å². The van der Waals surface area contributed by atoms with Crippen molar-refractivity contribution in [2.24, 2.45) is 0 Å². The first-order valence-electron chi connectivity index (χ1n) is 10.3. The van der Waals surface area contributed by atoms with Gasteiger partial charge in [-0.25, -0.2) is 9.97 Å². The number of benzene rings is 1. The Hall–Kier alpha value is -2.81. The lowest BCUT2D eigenvalue weighted by Crippen LogP contribution is -2.28. The van der Waals surface area contributed by atoms with Crippen LogP contribution < -0.4 is 9.62 Å². The highest BCUT2D eigenvalue weighted by atomic mass is 32.2. The molecule has 33 heavy (non-hydrogen) atoms. The fourth-order valence-corrected chi connectivity index (χ4v) is 6.03. The summed E-state index contributed by atoms with van der Waals surface area (Å²) in [6.45, 7) is 3.50. The van der Waals surface area contributed by atoms with Gasteiger partial charge in [0.1, 0.15) is 28.7 Å². The number of nitrogens with zero attached hydrogens (tertiary/aromatic N) is 4. The first-order valence-corrected chi connectivity index (χ1v) is 11.9. The predicted octanol–water partition coefficient (Wildman–Crippen LogP) is 5.33. The van der Waals surface area contributed by atoms with Crippen LogP contribution in [0.3, 0.4) is 0 Å². The molecule has 170 valence electrons. The normalized spacial score (nSPS) is 16.7. The van der Waals surface area contributed by atoms with E-state index in [-0.39, 0.29) is 10.9 Å². The van der Waals surface area contributed by atoms with Gasteiger partial charge < -0.3 is 9.88 Å². The largest absolute Gasteiger partial charge is 0.393 e. The zero-order valence-electron chi connectivity index (χ0n) is 17.5. The number of alkyl halides is 3. The molecule has 0 saturated carbocycles. The number of hydrogen-bond donors (Lipinski definition) is 2. The lowest BCUT2D eigenvalue weighted by atomic mass is 10.1. The average molecular weight is 489 g/mol. The summed E-state index contributed by atoms with van der Waals surface area (Å²) in [6, 6.07) is 9.77. The van der Waals surface area contributed by atoms with Crippen LogP contribution in [-0.2, 0) is 6.42 Å². The smallest absolute Gasteiger partial charge is 0.354 e. The Morgan fingerprint density at radius 3 is 2.94 bits per heavy atom. The number of rotatable bonds is 5. The third-order valence-electron chi connectivity index (χ3n) is 5.70. The van der Waals surface area contributed by atoms with E-state index >= 15 is 0 Å². The summed E-state index contributed by atoms with van der Waals surface area (Å²) < 4.78 is 42.0. The second-order valence-electron chi connectivity index (χ2n) is 8.02. The average Bonchev–Trinajstić information content (AvgIpc) is 3.49. The zero-order valence-corrected chi connectivity index (χ0v) is 19.2. The molecule has 1 saturated heterocycles. The molecule has 1 aromatic carbocycles. The lowest BCUT2D eigenvalue weighted by molar-refractivity contribution is -0.126. The Bertz CT molecular complexity index is 1370. The first-order chi connectivity index (χ1) is 15.8. The number of fused-ring (bicyclic) bond motifs is 2. The summed E-state index contributed by atoms with van der Waals surface area (Å²) in [4.78, 5) is 15.7. The number of nitriles is 1. The number of aryl methyl sites for hydroxylation is 1. The maximum Gasteiger partial charge on any atom is 0.393 e. The van der Waals surface area contributed by atoms with Gasteiger partial charge in [0.25, 0.3) is 0 Å². The van der Waals surface area contributed by atoms with Gasteiger partial charge in [-0.3, -0.25) is 4.72 Å². The highest BCUT2D eigenvalue weighted by Crippen LogP contribution is 2.35. The van der Waals surface area contributed by atoms with Gasteiger partial charge in [0.15, 0.2) is 0 Å². The van der Waals surface area contributed by atoms with E-state index < -0.39 is 12.6 Å². The van der Waals surface area contributed by atoms with Crippen LogP contribution in [0.4, 0.5) is 19.0 Å². The van der Waals surface area contributed by atoms with Crippen LogP contribution in [0.5, 0.6) is 0 Å². The monoisotopic (exact) mass is 488 g/mol. The van der Waals surface area contributed by atoms with E-state index in [0.29, 0.717) is 28.3 Å². The number of hydrogen-bond acceptors (Lipinski definition) is 7. The second-order valence-corrected chi connectivity index (χ2v) is 10.0. The Labute approximate surface area is 196 Å². The zero-order chi connectivity index (χ0) is 23.2. The van der Waals surface area contributed by atoms with E-state index in [4.69, 9.17) is 5.26 Å². The number of halogens is 3. The molecule has 5 rings (SSSR count). The molecule has 6 nitrogen and oxygen atoms in total. The SMILES string of the molecule is Cc1c(SNC2CCN(c3ncnc4sc(CC(F)(F)F)cc34)C2)ccc2[nH]c(C#N)cc12. The van der Waals surface area contributed by atoms with Gasteiger partial charge in [-0.05, 0) is 55.1 Å². The van der Waals surface area contributed by atoms with E-state index in [1.54, 1.807) is 18.0 Å². The molecule has 0 amide bonds. The highest BCUT2D eigenvalue weighted by Gasteiger charge is 2.30. The molecule has 1 aliphatic rings. The van der Waals surface area contributed by atoms with E-state index in [1.807, 2.05) is 25.1 Å². The fourth-order valence-electron chi connectivity index (χ4n) is 4.13. The topological polar surface area (TPSA) is 80.6 Å². The molecular weight excluding hydrogens is 469 g/mol. The van der Waals surface area contributed by atoms with Crippen LogP contribution in [0.2, 0.25) is 0 Å². The standard InChI is InChI=1S/C22H19F3N6S2/c1-12-16-6-14(9-26)29-18(16)2-3-19(12)33-30-13-4-5-31(10-13)20-17-7-15(8-22(23,24)25)32-21(17)28-11-27-20/h2-3,6-7,11,13,29-30H,4-5,8,10H2,1H3. The number of aromatic amines is 1. The van der Waals surface area contributed by atoms with Gasteiger partial charge in [0.2, 0.25) is 0 Å². The van der Waals surface area contributed by atoms with Crippen LogP contribution >= 0.6 is 23.3 Å². The van der Waals surface area contributed by atoms with Crippen molar-refractivity contribution in [1.29, 1.82) is 5.26 Å². The van der Waals surface area contributed by atoms with Crippen molar-refractivity contribution in [2.45, 2.75) is 36.9 Å². The summed E-state index contributed by atoms with van der Waals surface area (Å²) in [7, 11) is 0. The molecule has 1 unspecified atom stereocenters. The fraction of sp³-hybridized carbons (Fsp3) is 0.318. The quantitative estimate of drug-likeness (QED) is 0.370. The second kappa shape index (κ2) is 8.52. The summed E-state index contributed by atoms with van der Waals surface area (Å²) >= 11 is 2.63. The van der Waals surface area contributed by atoms with Gasteiger partial charge in [-0.2, -0.15) is 18.4 Å². The molecule has 4 aromatic rings. The summed E-state index contributed by atoms with van der Waals surface area (Å²) in [6.07, 6.45) is -2.88. The third kappa shape index (κ3) is 4.51. The Morgan fingerprint density at radius 2 is 2.15 bits per heavy atom. The molecule has 3 aromatic heterocycles. The van der Waals surface area contributed by atoms with Crippen molar-refractivity contribution in [3.05, 3.63) is 46.7 Å². The minimum absolute atomic E-state index is 0.198. The van der Waals surface area contributed by atoms with E-state index in [2.05, 4.69) is 30.6 Å². The Kier molecular flexibility index (Phi) is 5.68. The summed E-state index contributed by atoms with van der Waals surface area (Å²) in [5.41, 5.74) is 2.58. The minimum atomic E-state index is -4.24. The molecule has 1 atom stereocenters. The van der Waals surface area contributed by atoms with Gasteiger partial charge in [0.05, 0.1) is 11.8 Å². The summed E-state index contributed by atoms with van der Waals surface area (Å²) in [5.74, 6) is 0.688. The van der Waals surface area contributed by atoms with Crippen LogP contribution in [0.1, 0.15) is 22.6 Å². The molecule has 0 aliphatic carbocycles. The van der Waals surface area contributed by atoms with E-state index in [9.17, 15) is 13.2 Å². The van der Waals surface area contributed by atoms with Crippen molar-refractivity contribution < 1.29 is 13.2 Å². The van der Waals surface area contributed by atoms with Crippen LogP contribution in [0.15, 0.2) is 35.5 Å². The maximum absolute atomic E-state index is 12.8. The number of H-pyrrole nitrogens is 1. The molecular formula is C22H19F3N6S2. The molecule has 0 spiro atoms. The Morgan fingerprint density at radius 1 is 1.30 bits per heavy atom. The lowest BCUT2D eigenvalue weighted by Gasteiger charge is -2.18. The number of aromatic nitrogens is 3. The number of nitrogens with one attached hydrogen (secondary N) is 2. The molecule has 0 bridgehead atoms. The Balaban J connectivity index is 1.28.